The first-order valence-electron chi connectivity index (χ1n) is 6.13. The monoisotopic (exact) mass is 297 g/mol. The van der Waals surface area contributed by atoms with E-state index in [1.165, 1.54) is 18.2 Å². The number of nitrogens with zero attached hydrogens (tertiary/aromatic N) is 1. The summed E-state index contributed by atoms with van der Waals surface area (Å²) in [7, 11) is 0. The number of ether oxygens (including phenoxy) is 1. The third-order valence-electron chi connectivity index (χ3n) is 3.00. The van der Waals surface area contributed by atoms with Crippen molar-refractivity contribution in [3.05, 3.63) is 59.4 Å². The Kier molecular flexibility index (Phi) is 4.44. The van der Waals surface area contributed by atoms with Crippen molar-refractivity contribution < 1.29 is 17.9 Å². The third kappa shape index (κ3) is 3.71. The molecule has 21 heavy (non-hydrogen) atoms. The van der Waals surface area contributed by atoms with E-state index in [4.69, 9.17) is 5.84 Å². The van der Waals surface area contributed by atoms with E-state index in [0.717, 1.165) is 11.1 Å². The lowest BCUT2D eigenvalue weighted by molar-refractivity contribution is -0.275. The summed E-state index contributed by atoms with van der Waals surface area (Å²) in [4.78, 5) is 3.96. The second kappa shape index (κ2) is 6.11. The first-order chi connectivity index (χ1) is 9.92. The van der Waals surface area contributed by atoms with Crippen molar-refractivity contribution >= 4 is 0 Å². The molecule has 2 rings (SSSR count). The molecule has 1 heterocycles. The Bertz CT molecular complexity index is 616. The number of hydrogen-bond acceptors (Lipinski definition) is 4. The highest BCUT2D eigenvalue weighted by Crippen LogP contribution is 2.33. The summed E-state index contributed by atoms with van der Waals surface area (Å²) in [5.41, 5.74) is 4.36. The molecule has 1 aromatic heterocycles. The number of alkyl halides is 3. The predicted molar refractivity (Wildman–Crippen MR) is 71.3 cm³/mol. The summed E-state index contributed by atoms with van der Waals surface area (Å²) in [6, 6.07) is 6.95. The molecule has 2 aromatic rings. The lowest BCUT2D eigenvalue weighted by Gasteiger charge is -2.22. The Morgan fingerprint density at radius 2 is 1.90 bits per heavy atom. The fourth-order valence-corrected chi connectivity index (χ4v) is 2.09. The van der Waals surface area contributed by atoms with Gasteiger partial charge in [0.1, 0.15) is 5.75 Å². The van der Waals surface area contributed by atoms with E-state index in [1.807, 2.05) is 0 Å². The van der Waals surface area contributed by atoms with Crippen LogP contribution >= 0.6 is 0 Å². The van der Waals surface area contributed by atoms with Gasteiger partial charge >= 0.3 is 6.36 Å². The van der Waals surface area contributed by atoms with Crippen LogP contribution in [0.1, 0.15) is 22.7 Å². The fourth-order valence-electron chi connectivity index (χ4n) is 2.09. The largest absolute Gasteiger partial charge is 0.573 e. The van der Waals surface area contributed by atoms with Gasteiger partial charge in [0.05, 0.1) is 6.04 Å². The van der Waals surface area contributed by atoms with Crippen LogP contribution in [0, 0.1) is 6.92 Å². The van der Waals surface area contributed by atoms with Crippen molar-refractivity contribution in [1.82, 2.24) is 10.4 Å². The molecule has 0 aliphatic heterocycles. The van der Waals surface area contributed by atoms with Crippen molar-refractivity contribution in [2.45, 2.75) is 19.3 Å². The number of hydrazine groups is 1. The molecule has 0 aliphatic carbocycles. The van der Waals surface area contributed by atoms with Crippen LogP contribution in [-0.2, 0) is 0 Å². The summed E-state index contributed by atoms with van der Waals surface area (Å²) in [5, 5.41) is 0. The van der Waals surface area contributed by atoms with Crippen LogP contribution in [0.3, 0.4) is 0 Å². The zero-order chi connectivity index (χ0) is 15.5. The number of nitrogens with two attached hydrogens (primary N) is 1. The molecule has 0 spiro atoms. The number of hydrogen-bond donors (Lipinski definition) is 2. The van der Waals surface area contributed by atoms with Crippen LogP contribution < -0.4 is 16.0 Å². The highest BCUT2D eigenvalue weighted by molar-refractivity contribution is 5.43. The smallest absolute Gasteiger partial charge is 0.405 e. The number of halogens is 3. The minimum atomic E-state index is -4.76. The second-order valence-electron chi connectivity index (χ2n) is 4.42. The van der Waals surface area contributed by atoms with E-state index in [9.17, 15) is 13.2 Å². The van der Waals surface area contributed by atoms with Gasteiger partial charge in [-0.25, -0.2) is 5.43 Å². The summed E-state index contributed by atoms with van der Waals surface area (Å²) in [6.07, 6.45) is -1.59. The number of aromatic nitrogens is 1. The van der Waals surface area contributed by atoms with Crippen molar-refractivity contribution in [3.63, 3.8) is 0 Å². The minimum absolute atomic E-state index is 0.288. The third-order valence-corrected chi connectivity index (χ3v) is 3.00. The maximum Gasteiger partial charge on any atom is 0.573 e. The molecule has 0 saturated carbocycles. The van der Waals surface area contributed by atoms with Gasteiger partial charge in [0.2, 0.25) is 0 Å². The Morgan fingerprint density at radius 1 is 1.19 bits per heavy atom. The average Bonchev–Trinajstić information content (AvgIpc) is 2.42. The molecule has 0 aliphatic rings. The molecule has 112 valence electrons. The number of benzene rings is 1. The maximum absolute atomic E-state index is 12.5. The molecule has 1 unspecified atom stereocenters. The van der Waals surface area contributed by atoms with Gasteiger partial charge in [-0.1, -0.05) is 18.2 Å². The van der Waals surface area contributed by atoms with Crippen LogP contribution in [-0.4, -0.2) is 11.3 Å². The minimum Gasteiger partial charge on any atom is -0.405 e. The van der Waals surface area contributed by atoms with Crippen LogP contribution in [0.5, 0.6) is 5.75 Å². The van der Waals surface area contributed by atoms with Gasteiger partial charge in [-0.2, -0.15) is 0 Å². The van der Waals surface area contributed by atoms with Crippen molar-refractivity contribution in [2.75, 3.05) is 0 Å². The van der Waals surface area contributed by atoms with Gasteiger partial charge in [0.15, 0.2) is 0 Å². The van der Waals surface area contributed by atoms with Gasteiger partial charge in [-0.05, 0) is 30.2 Å². The predicted octanol–water partition coefficient (Wildman–Crippen LogP) is 2.84. The second-order valence-corrected chi connectivity index (χ2v) is 4.42. The van der Waals surface area contributed by atoms with Crippen molar-refractivity contribution in [2.24, 2.45) is 5.84 Å². The van der Waals surface area contributed by atoms with Gasteiger partial charge in [0.25, 0.3) is 0 Å². The summed E-state index contributed by atoms with van der Waals surface area (Å²) < 4.78 is 41.5. The van der Waals surface area contributed by atoms with E-state index in [2.05, 4.69) is 15.1 Å². The fraction of sp³-hybridized carbons (Fsp3) is 0.214. The molecule has 0 amide bonds. The zero-order valence-electron chi connectivity index (χ0n) is 11.2. The molecular formula is C14H14F3N3O. The topological polar surface area (TPSA) is 60.2 Å². The Morgan fingerprint density at radius 3 is 2.52 bits per heavy atom. The average molecular weight is 297 g/mol. The van der Waals surface area contributed by atoms with Crippen LogP contribution in [0.2, 0.25) is 0 Å². The van der Waals surface area contributed by atoms with Gasteiger partial charge < -0.3 is 4.74 Å². The van der Waals surface area contributed by atoms with Gasteiger partial charge in [-0.15, -0.1) is 13.2 Å². The number of para-hydroxylation sites is 1. The van der Waals surface area contributed by atoms with E-state index in [-0.39, 0.29) is 5.75 Å². The molecule has 3 N–H and O–H groups in total. The van der Waals surface area contributed by atoms with E-state index >= 15 is 0 Å². The van der Waals surface area contributed by atoms with Crippen LogP contribution in [0.25, 0.3) is 0 Å². The van der Waals surface area contributed by atoms with Gasteiger partial charge in [-0.3, -0.25) is 10.8 Å². The molecule has 7 heteroatoms. The first kappa shape index (κ1) is 15.3. The maximum atomic E-state index is 12.5. The highest BCUT2D eigenvalue weighted by atomic mass is 19.4. The van der Waals surface area contributed by atoms with Crippen LogP contribution in [0.15, 0.2) is 42.7 Å². The number of nitrogens with one attached hydrogen (secondary N) is 1. The standard InChI is InChI=1S/C14H14F3N3O/c1-9-8-19-7-6-10(9)13(20-18)11-4-2-3-5-12(11)21-14(15,16)17/h2-8,13,20H,18H2,1H3. The molecule has 1 atom stereocenters. The lowest BCUT2D eigenvalue weighted by atomic mass is 9.96. The molecule has 0 saturated heterocycles. The molecule has 0 fully saturated rings. The number of pyridine rings is 1. The van der Waals surface area contributed by atoms with Crippen molar-refractivity contribution in [1.29, 1.82) is 0 Å². The summed E-state index contributed by atoms with van der Waals surface area (Å²) in [5.74, 6) is 5.24. The summed E-state index contributed by atoms with van der Waals surface area (Å²) >= 11 is 0. The normalized spacial score (nSPS) is 13.0. The molecule has 0 bridgehead atoms. The van der Waals surface area contributed by atoms with Crippen molar-refractivity contribution in [3.8, 4) is 5.75 Å². The van der Waals surface area contributed by atoms with E-state index in [1.54, 1.807) is 31.5 Å². The lowest BCUT2D eigenvalue weighted by Crippen LogP contribution is -2.30. The molecule has 4 nitrogen and oxygen atoms in total. The molecule has 0 radical (unpaired) electrons. The quantitative estimate of drug-likeness (QED) is 0.673. The Labute approximate surface area is 119 Å². The molecule has 1 aromatic carbocycles. The van der Waals surface area contributed by atoms with E-state index in [0.29, 0.717) is 5.56 Å². The summed E-state index contributed by atoms with van der Waals surface area (Å²) in [6.45, 7) is 1.81. The van der Waals surface area contributed by atoms with Crippen LogP contribution in [0.4, 0.5) is 13.2 Å². The van der Waals surface area contributed by atoms with Gasteiger partial charge in [0, 0.05) is 18.0 Å². The molecular weight excluding hydrogens is 283 g/mol. The zero-order valence-corrected chi connectivity index (χ0v) is 11.2. The number of aryl methyl sites for hydroxylation is 1. The SMILES string of the molecule is Cc1cnccc1C(NN)c1ccccc1OC(F)(F)F. The highest BCUT2D eigenvalue weighted by Gasteiger charge is 2.33. The number of rotatable bonds is 4. The first-order valence-corrected chi connectivity index (χ1v) is 6.13. The Hall–Kier alpha value is -2.12. The Balaban J connectivity index is 2.46. The van der Waals surface area contributed by atoms with E-state index < -0.39 is 12.4 Å².